The highest BCUT2D eigenvalue weighted by Crippen LogP contribution is 2.17. The molecular weight excluding hydrogens is 252 g/mol. The zero-order valence-corrected chi connectivity index (χ0v) is 11.0. The minimum absolute atomic E-state index is 0.503. The van der Waals surface area contributed by atoms with E-state index >= 15 is 0 Å². The van der Waals surface area contributed by atoms with Crippen LogP contribution in [0.2, 0.25) is 5.15 Å². The first-order chi connectivity index (χ1) is 8.72. The lowest BCUT2D eigenvalue weighted by Crippen LogP contribution is -2.35. The van der Waals surface area contributed by atoms with Gasteiger partial charge in [0.2, 0.25) is 0 Å². The second-order valence-corrected chi connectivity index (χ2v) is 4.92. The van der Waals surface area contributed by atoms with Gasteiger partial charge in [0.1, 0.15) is 5.15 Å². The van der Waals surface area contributed by atoms with Gasteiger partial charge in [0.15, 0.2) is 5.65 Å². The minimum Gasteiger partial charge on any atom is -0.379 e. The van der Waals surface area contributed by atoms with Crippen molar-refractivity contribution >= 4 is 17.2 Å². The van der Waals surface area contributed by atoms with Gasteiger partial charge in [-0.05, 0) is 13.0 Å². The second-order valence-electron chi connectivity index (χ2n) is 4.53. The van der Waals surface area contributed by atoms with Gasteiger partial charge in [-0.1, -0.05) is 11.6 Å². The standard InChI is InChI=1S/C12H15ClN4O/c1-9-7-17-12(14-9)10(6-11(13)15-17)8-16-2-4-18-5-3-16/h6-7H,2-5,8H2,1H3. The van der Waals surface area contributed by atoms with Crippen molar-refractivity contribution in [3.8, 4) is 0 Å². The van der Waals surface area contributed by atoms with Crippen LogP contribution in [0, 0.1) is 6.92 Å². The van der Waals surface area contributed by atoms with E-state index in [0.717, 1.165) is 49.8 Å². The number of aromatic nitrogens is 3. The van der Waals surface area contributed by atoms with E-state index in [2.05, 4.69) is 15.0 Å². The molecule has 3 heterocycles. The average Bonchev–Trinajstić information content (AvgIpc) is 2.71. The van der Waals surface area contributed by atoms with Crippen LogP contribution in [-0.2, 0) is 11.3 Å². The Balaban J connectivity index is 1.94. The number of fused-ring (bicyclic) bond motifs is 1. The maximum Gasteiger partial charge on any atom is 0.158 e. The third kappa shape index (κ3) is 2.34. The van der Waals surface area contributed by atoms with Crippen LogP contribution in [0.15, 0.2) is 12.3 Å². The second kappa shape index (κ2) is 4.84. The quantitative estimate of drug-likeness (QED) is 0.827. The van der Waals surface area contributed by atoms with E-state index in [1.165, 1.54) is 0 Å². The number of hydrogen-bond acceptors (Lipinski definition) is 4. The van der Waals surface area contributed by atoms with Gasteiger partial charge in [-0.2, -0.15) is 5.10 Å². The molecule has 3 rings (SSSR count). The zero-order chi connectivity index (χ0) is 12.5. The topological polar surface area (TPSA) is 42.7 Å². The van der Waals surface area contributed by atoms with E-state index in [1.54, 1.807) is 4.52 Å². The summed E-state index contributed by atoms with van der Waals surface area (Å²) in [7, 11) is 0. The molecule has 0 spiro atoms. The highest BCUT2D eigenvalue weighted by Gasteiger charge is 2.14. The lowest BCUT2D eigenvalue weighted by Gasteiger charge is -2.26. The molecule has 2 aromatic rings. The van der Waals surface area contributed by atoms with Crippen LogP contribution in [0.4, 0.5) is 0 Å². The lowest BCUT2D eigenvalue weighted by molar-refractivity contribution is 0.0343. The van der Waals surface area contributed by atoms with Crippen LogP contribution >= 0.6 is 11.6 Å². The van der Waals surface area contributed by atoms with Crippen LogP contribution < -0.4 is 0 Å². The smallest absolute Gasteiger partial charge is 0.158 e. The Kier molecular flexibility index (Phi) is 3.20. The van der Waals surface area contributed by atoms with Crippen molar-refractivity contribution in [1.82, 2.24) is 19.5 Å². The summed E-state index contributed by atoms with van der Waals surface area (Å²) >= 11 is 6.05. The largest absolute Gasteiger partial charge is 0.379 e. The molecule has 0 unspecified atom stereocenters. The third-order valence-electron chi connectivity index (χ3n) is 3.09. The summed E-state index contributed by atoms with van der Waals surface area (Å²) in [5.41, 5.74) is 2.96. The lowest BCUT2D eigenvalue weighted by atomic mass is 10.2. The molecule has 0 radical (unpaired) electrons. The number of morpholine rings is 1. The van der Waals surface area contributed by atoms with Gasteiger partial charge in [-0.15, -0.1) is 0 Å². The van der Waals surface area contributed by atoms with Crippen LogP contribution in [0.3, 0.4) is 0 Å². The number of ether oxygens (including phenoxy) is 1. The van der Waals surface area contributed by atoms with Crippen molar-refractivity contribution in [2.24, 2.45) is 0 Å². The maximum atomic E-state index is 6.05. The Bertz CT molecular complexity index is 562. The van der Waals surface area contributed by atoms with Gasteiger partial charge in [-0.3, -0.25) is 4.90 Å². The molecule has 96 valence electrons. The molecular formula is C12H15ClN4O. The monoisotopic (exact) mass is 266 g/mol. The van der Waals surface area contributed by atoms with Gasteiger partial charge in [-0.25, -0.2) is 9.50 Å². The number of nitrogens with zero attached hydrogens (tertiary/aromatic N) is 4. The predicted molar refractivity (Wildman–Crippen MR) is 68.8 cm³/mol. The number of rotatable bonds is 2. The molecule has 0 aliphatic carbocycles. The van der Waals surface area contributed by atoms with E-state index in [1.807, 2.05) is 19.2 Å². The molecule has 0 aromatic carbocycles. The van der Waals surface area contributed by atoms with Crippen LogP contribution in [-0.4, -0.2) is 45.8 Å². The summed E-state index contributed by atoms with van der Waals surface area (Å²) < 4.78 is 7.11. The normalized spacial score (nSPS) is 17.4. The Morgan fingerprint density at radius 2 is 2.17 bits per heavy atom. The van der Waals surface area contributed by atoms with Crippen LogP contribution in [0.5, 0.6) is 0 Å². The van der Waals surface area contributed by atoms with Gasteiger partial charge in [0.25, 0.3) is 0 Å². The molecule has 2 aromatic heterocycles. The molecule has 0 N–H and O–H groups in total. The first kappa shape index (κ1) is 11.9. The predicted octanol–water partition coefficient (Wildman–Crippen LogP) is 1.52. The Morgan fingerprint density at radius 1 is 1.39 bits per heavy atom. The van der Waals surface area contributed by atoms with Crippen molar-refractivity contribution in [3.05, 3.63) is 28.7 Å². The van der Waals surface area contributed by atoms with E-state index < -0.39 is 0 Å². The first-order valence-electron chi connectivity index (χ1n) is 6.04. The van der Waals surface area contributed by atoms with Crippen molar-refractivity contribution in [2.75, 3.05) is 26.3 Å². The van der Waals surface area contributed by atoms with Gasteiger partial charge in [0, 0.05) is 25.2 Å². The molecule has 1 aliphatic heterocycles. The van der Waals surface area contributed by atoms with Crippen molar-refractivity contribution in [1.29, 1.82) is 0 Å². The Morgan fingerprint density at radius 3 is 2.94 bits per heavy atom. The summed E-state index contributed by atoms with van der Waals surface area (Å²) in [5, 5.41) is 4.73. The van der Waals surface area contributed by atoms with E-state index in [-0.39, 0.29) is 0 Å². The first-order valence-corrected chi connectivity index (χ1v) is 6.42. The van der Waals surface area contributed by atoms with Crippen LogP contribution in [0.25, 0.3) is 5.65 Å². The van der Waals surface area contributed by atoms with E-state index in [9.17, 15) is 0 Å². The molecule has 0 amide bonds. The number of hydrogen-bond donors (Lipinski definition) is 0. The Labute approximate surface area is 110 Å². The highest BCUT2D eigenvalue weighted by atomic mass is 35.5. The fourth-order valence-corrected chi connectivity index (χ4v) is 2.45. The molecule has 18 heavy (non-hydrogen) atoms. The van der Waals surface area contributed by atoms with Crippen LogP contribution in [0.1, 0.15) is 11.3 Å². The molecule has 0 bridgehead atoms. The molecule has 1 fully saturated rings. The molecule has 1 aliphatic rings. The summed E-state index contributed by atoms with van der Waals surface area (Å²) in [5.74, 6) is 0. The zero-order valence-electron chi connectivity index (χ0n) is 10.3. The van der Waals surface area contributed by atoms with Gasteiger partial charge >= 0.3 is 0 Å². The molecule has 5 nitrogen and oxygen atoms in total. The molecule has 1 saturated heterocycles. The van der Waals surface area contributed by atoms with Crippen molar-refractivity contribution in [2.45, 2.75) is 13.5 Å². The minimum atomic E-state index is 0.503. The number of imidazole rings is 1. The summed E-state index contributed by atoms with van der Waals surface area (Å²) in [6.07, 6.45) is 1.89. The summed E-state index contributed by atoms with van der Waals surface area (Å²) in [6, 6.07) is 1.90. The summed E-state index contributed by atoms with van der Waals surface area (Å²) in [6.45, 7) is 6.29. The van der Waals surface area contributed by atoms with Gasteiger partial charge < -0.3 is 4.74 Å². The third-order valence-corrected chi connectivity index (χ3v) is 3.27. The van der Waals surface area contributed by atoms with E-state index in [4.69, 9.17) is 16.3 Å². The summed E-state index contributed by atoms with van der Waals surface area (Å²) in [4.78, 5) is 6.85. The van der Waals surface area contributed by atoms with E-state index in [0.29, 0.717) is 5.15 Å². The molecule has 0 saturated carbocycles. The number of halogens is 1. The highest BCUT2D eigenvalue weighted by molar-refractivity contribution is 6.29. The molecule has 0 atom stereocenters. The fourth-order valence-electron chi connectivity index (χ4n) is 2.24. The van der Waals surface area contributed by atoms with Crippen molar-refractivity contribution in [3.63, 3.8) is 0 Å². The molecule has 6 heteroatoms. The van der Waals surface area contributed by atoms with Gasteiger partial charge in [0.05, 0.1) is 25.1 Å². The number of aryl methyl sites for hydroxylation is 1. The SMILES string of the molecule is Cc1cn2nc(Cl)cc(CN3CCOCC3)c2n1. The Hall–Kier alpha value is -1.17. The average molecular weight is 267 g/mol. The fraction of sp³-hybridized carbons (Fsp3) is 0.500. The van der Waals surface area contributed by atoms with Crippen molar-refractivity contribution < 1.29 is 4.74 Å². The maximum absolute atomic E-state index is 6.05.